The number of imide groups is 1. The molecule has 3 saturated heterocycles. The van der Waals surface area contributed by atoms with Crippen LogP contribution in [0.1, 0.15) is 50.1 Å². The maximum atomic E-state index is 15.1. The summed E-state index contributed by atoms with van der Waals surface area (Å²) in [5.41, 5.74) is 4.20. The van der Waals surface area contributed by atoms with E-state index in [1.807, 2.05) is 29.9 Å². The Kier molecular flexibility index (Phi) is 10.5. The maximum Gasteiger partial charge on any atom is 0.301 e. The number of alkyl halides is 2. The molecule has 1 saturated carbocycles. The number of para-hydroxylation sites is 1. The lowest BCUT2D eigenvalue weighted by atomic mass is 9.92. The van der Waals surface area contributed by atoms with Crippen LogP contribution in [-0.2, 0) is 16.6 Å². The van der Waals surface area contributed by atoms with Crippen LogP contribution in [0.2, 0.25) is 5.02 Å². The SMILES string of the molecule is Cn1nc(C2CCC(=O)NC2=O)c2cccc(N3CCC(CN4CCN(c5cc(Nc6ccc7[nH]c(=O)c8c(c7c6)NC(C6CC6)C(F)(F)CO8)c(Cl)cn5)CC4CO)CC3)c21. The van der Waals surface area contributed by atoms with Gasteiger partial charge in [0.2, 0.25) is 17.6 Å². The number of piperazine rings is 1. The molecule has 7 heterocycles. The number of hydrogen-bond donors (Lipinski definition) is 5. The van der Waals surface area contributed by atoms with Gasteiger partial charge in [0.15, 0.2) is 6.61 Å². The molecule has 2 aromatic carbocycles. The van der Waals surface area contributed by atoms with Gasteiger partial charge >= 0.3 is 5.92 Å². The maximum absolute atomic E-state index is 15.1. The third-order valence-electron chi connectivity index (χ3n) is 13.4. The summed E-state index contributed by atoms with van der Waals surface area (Å²) in [4.78, 5) is 51.8. The van der Waals surface area contributed by atoms with Gasteiger partial charge in [0.25, 0.3) is 5.56 Å². The first-order valence-electron chi connectivity index (χ1n) is 21.5. The van der Waals surface area contributed by atoms with Crippen LogP contribution >= 0.6 is 11.6 Å². The zero-order chi connectivity index (χ0) is 42.9. The number of aromatic nitrogens is 4. The monoisotopic (exact) mass is 870 g/mol. The van der Waals surface area contributed by atoms with Crippen molar-refractivity contribution in [2.75, 3.05) is 72.9 Å². The molecule has 18 heteroatoms. The molecule has 15 nitrogen and oxygen atoms in total. The molecule has 3 atom stereocenters. The molecule has 5 aliphatic rings. The largest absolute Gasteiger partial charge is 0.480 e. The lowest BCUT2D eigenvalue weighted by Crippen LogP contribution is -2.56. The fourth-order valence-electron chi connectivity index (χ4n) is 9.91. The molecule has 10 rings (SSSR count). The number of nitrogens with zero attached hydrogens (tertiary/aromatic N) is 6. The number of ether oxygens (including phenoxy) is 1. The van der Waals surface area contributed by atoms with Crippen LogP contribution in [0.3, 0.4) is 0 Å². The first-order chi connectivity index (χ1) is 29.9. The average Bonchev–Trinajstić information content (AvgIpc) is 4.06. The normalized spacial score (nSPS) is 23.5. The molecule has 5 aromatic rings. The second kappa shape index (κ2) is 16.0. The average molecular weight is 871 g/mol. The molecular formula is C44H49ClF2N10O5. The minimum absolute atomic E-state index is 0.000822. The van der Waals surface area contributed by atoms with Crippen LogP contribution in [0.25, 0.3) is 21.8 Å². The van der Waals surface area contributed by atoms with Crippen LogP contribution in [0, 0.1) is 11.8 Å². The van der Waals surface area contributed by atoms with E-state index in [0.717, 1.165) is 55.6 Å². The zero-order valence-electron chi connectivity index (χ0n) is 34.3. The van der Waals surface area contributed by atoms with Crippen molar-refractivity contribution in [2.24, 2.45) is 18.9 Å². The van der Waals surface area contributed by atoms with E-state index in [4.69, 9.17) is 21.4 Å². The minimum Gasteiger partial charge on any atom is -0.480 e. The van der Waals surface area contributed by atoms with Gasteiger partial charge in [-0.05, 0) is 68.2 Å². The summed E-state index contributed by atoms with van der Waals surface area (Å²) >= 11 is 6.68. The summed E-state index contributed by atoms with van der Waals surface area (Å²) in [5.74, 6) is -3.30. The third-order valence-corrected chi connectivity index (χ3v) is 13.7. The second-order valence-corrected chi connectivity index (χ2v) is 17.9. The van der Waals surface area contributed by atoms with Gasteiger partial charge < -0.3 is 35.3 Å². The Morgan fingerprint density at radius 3 is 2.60 bits per heavy atom. The van der Waals surface area contributed by atoms with E-state index in [1.54, 1.807) is 24.4 Å². The van der Waals surface area contributed by atoms with E-state index in [0.29, 0.717) is 83.5 Å². The number of hydrogen-bond acceptors (Lipinski definition) is 12. The van der Waals surface area contributed by atoms with Gasteiger partial charge in [0, 0.05) is 75.3 Å². The molecule has 0 radical (unpaired) electrons. The minimum atomic E-state index is -3.14. The van der Waals surface area contributed by atoms with Crippen molar-refractivity contribution in [1.29, 1.82) is 0 Å². The van der Waals surface area contributed by atoms with E-state index in [2.05, 4.69) is 46.7 Å². The summed E-state index contributed by atoms with van der Waals surface area (Å²) in [5, 5.41) is 26.1. The Labute approximate surface area is 360 Å². The standard InChI is InChI=1S/C44H49ClF2N10O5/c1-54-39-28(37(53-54)29-8-10-36(59)51-42(29)60)3-2-4-34(39)55-13-11-24(12-14-55)20-56-15-16-57(21-27(56)22-58)35-18-33(31(45)19-48-35)49-26-7-9-32-30(17-26)38-40(43(61)50-32)62-23-44(46,47)41(52-38)25-5-6-25/h2-4,7,9,17-19,24-25,27,29,41,52,58H,5-6,8,10-16,20-23H2,1H3,(H,48,49)(H,50,61)(H,51,59,60). The number of carbonyl (C=O) groups is 2. The number of aliphatic hydroxyl groups is 1. The number of rotatable bonds is 9. The number of aliphatic hydroxyl groups excluding tert-OH is 1. The zero-order valence-corrected chi connectivity index (χ0v) is 35.1. The molecule has 3 aromatic heterocycles. The topological polar surface area (TPSA) is 173 Å². The highest BCUT2D eigenvalue weighted by Gasteiger charge is 2.51. The molecule has 0 bridgehead atoms. The number of aryl methyl sites for hydroxylation is 1. The quantitative estimate of drug-likeness (QED) is 0.121. The highest BCUT2D eigenvalue weighted by molar-refractivity contribution is 6.33. The van der Waals surface area contributed by atoms with E-state index in [1.165, 1.54) is 0 Å². The van der Waals surface area contributed by atoms with Crippen molar-refractivity contribution in [3.05, 3.63) is 69.7 Å². The van der Waals surface area contributed by atoms with Crippen LogP contribution < -0.4 is 36.0 Å². The number of pyridine rings is 2. The molecule has 3 unspecified atom stereocenters. The Hall–Kier alpha value is -5.52. The molecule has 4 fully saturated rings. The van der Waals surface area contributed by atoms with Gasteiger partial charge in [-0.25, -0.2) is 13.8 Å². The van der Waals surface area contributed by atoms with Gasteiger partial charge in [-0.1, -0.05) is 23.7 Å². The predicted molar refractivity (Wildman–Crippen MR) is 233 cm³/mol. The van der Waals surface area contributed by atoms with Crippen molar-refractivity contribution >= 4 is 73.8 Å². The number of amides is 2. The molecule has 4 aliphatic heterocycles. The van der Waals surface area contributed by atoms with Crippen LogP contribution in [-0.4, -0.2) is 112 Å². The number of aromatic amines is 1. The number of piperidine rings is 2. The number of anilines is 5. The molecule has 2 amide bonds. The van der Waals surface area contributed by atoms with Gasteiger partial charge in [0.05, 0.1) is 69.6 Å². The number of fused-ring (bicyclic) bond motifs is 4. The molecule has 0 spiro atoms. The fraction of sp³-hybridized carbons (Fsp3) is 0.477. The van der Waals surface area contributed by atoms with E-state index >= 15 is 8.78 Å². The lowest BCUT2D eigenvalue weighted by Gasteiger charge is -2.44. The van der Waals surface area contributed by atoms with Crippen molar-refractivity contribution in [2.45, 2.75) is 62.4 Å². The Morgan fingerprint density at radius 2 is 1.82 bits per heavy atom. The van der Waals surface area contributed by atoms with E-state index < -0.39 is 30.0 Å². The van der Waals surface area contributed by atoms with Crippen molar-refractivity contribution in [3.8, 4) is 5.75 Å². The fourth-order valence-corrected chi connectivity index (χ4v) is 10.1. The highest BCUT2D eigenvalue weighted by atomic mass is 35.5. The second-order valence-electron chi connectivity index (χ2n) is 17.5. The first kappa shape index (κ1) is 40.5. The smallest absolute Gasteiger partial charge is 0.301 e. The number of carbonyl (C=O) groups excluding carboxylic acids is 2. The van der Waals surface area contributed by atoms with Crippen LogP contribution in [0.4, 0.5) is 37.3 Å². The summed E-state index contributed by atoms with van der Waals surface area (Å²) < 4.78 is 37.5. The van der Waals surface area contributed by atoms with E-state index in [9.17, 15) is 19.5 Å². The van der Waals surface area contributed by atoms with E-state index in [-0.39, 0.29) is 41.8 Å². The Balaban J connectivity index is 0.795. The molecule has 5 N–H and O–H groups in total. The summed E-state index contributed by atoms with van der Waals surface area (Å²) in [6, 6.07) is 12.1. The lowest BCUT2D eigenvalue weighted by molar-refractivity contribution is -0.134. The number of halogens is 3. The van der Waals surface area contributed by atoms with Crippen molar-refractivity contribution in [1.82, 2.24) is 30.0 Å². The third kappa shape index (κ3) is 7.57. The summed E-state index contributed by atoms with van der Waals surface area (Å²) in [6.45, 7) is 3.78. The molecule has 326 valence electrons. The molecule has 62 heavy (non-hydrogen) atoms. The molecular weight excluding hydrogens is 822 g/mol. The van der Waals surface area contributed by atoms with Crippen LogP contribution in [0.5, 0.6) is 5.75 Å². The Bertz CT molecular complexity index is 2630. The van der Waals surface area contributed by atoms with Gasteiger partial charge in [-0.2, -0.15) is 5.10 Å². The van der Waals surface area contributed by atoms with Gasteiger partial charge in [0.1, 0.15) is 5.82 Å². The number of nitrogens with one attached hydrogen (secondary N) is 4. The van der Waals surface area contributed by atoms with Crippen molar-refractivity contribution in [3.63, 3.8) is 0 Å². The predicted octanol–water partition coefficient (Wildman–Crippen LogP) is 5.34. The van der Waals surface area contributed by atoms with Gasteiger partial charge in [-0.15, -0.1) is 0 Å². The molecule has 1 aliphatic carbocycles. The first-order valence-corrected chi connectivity index (χ1v) is 21.9. The highest BCUT2D eigenvalue weighted by Crippen LogP contribution is 2.46. The number of benzene rings is 2. The van der Waals surface area contributed by atoms with Crippen LogP contribution in [0.15, 0.2) is 53.5 Å². The number of H-pyrrole nitrogens is 1. The van der Waals surface area contributed by atoms with Crippen molar-refractivity contribution < 1.29 is 28.2 Å². The summed E-state index contributed by atoms with van der Waals surface area (Å²) in [6.07, 6.45) is 5.72. The van der Waals surface area contributed by atoms with Gasteiger partial charge in [-0.3, -0.25) is 29.3 Å². The summed E-state index contributed by atoms with van der Waals surface area (Å²) in [7, 11) is 1.91. The Morgan fingerprint density at radius 1 is 1.00 bits per heavy atom.